The summed E-state index contributed by atoms with van der Waals surface area (Å²) in [6.07, 6.45) is 2.10. The molecule has 0 aliphatic heterocycles. The predicted molar refractivity (Wildman–Crippen MR) is 77.3 cm³/mol. The van der Waals surface area contributed by atoms with Gasteiger partial charge in [0.15, 0.2) is 0 Å². The van der Waals surface area contributed by atoms with Gasteiger partial charge in [-0.3, -0.25) is 14.9 Å². The highest BCUT2D eigenvalue weighted by atomic mass is 16.6. The summed E-state index contributed by atoms with van der Waals surface area (Å²) in [7, 11) is 0. The van der Waals surface area contributed by atoms with Crippen LogP contribution in [-0.4, -0.2) is 22.9 Å². The number of rotatable bonds is 7. The number of nitro groups is 1. The summed E-state index contributed by atoms with van der Waals surface area (Å²) in [6.45, 7) is 4.17. The first-order valence-electron chi connectivity index (χ1n) is 6.67. The lowest BCUT2D eigenvalue weighted by Gasteiger charge is -2.22. The molecule has 0 aliphatic carbocycles. The lowest BCUT2D eigenvalue weighted by molar-refractivity contribution is -0.384. The van der Waals surface area contributed by atoms with Crippen molar-refractivity contribution in [1.29, 1.82) is 0 Å². The maximum absolute atomic E-state index is 11.9. The zero-order valence-electron chi connectivity index (χ0n) is 11.9. The molecule has 1 rings (SSSR count). The number of nitrogens with zero attached hydrogens (tertiary/aromatic N) is 1. The largest absolute Gasteiger partial charge is 0.354 e. The van der Waals surface area contributed by atoms with Crippen molar-refractivity contribution in [3.8, 4) is 0 Å². The van der Waals surface area contributed by atoms with Crippen LogP contribution in [0.3, 0.4) is 0 Å². The van der Waals surface area contributed by atoms with Crippen LogP contribution in [0, 0.1) is 10.1 Å². The molecule has 0 saturated heterocycles. The van der Waals surface area contributed by atoms with Crippen molar-refractivity contribution in [2.45, 2.75) is 38.6 Å². The lowest BCUT2D eigenvalue weighted by Crippen LogP contribution is -2.51. The van der Waals surface area contributed by atoms with Crippen molar-refractivity contribution < 1.29 is 9.72 Å². The van der Waals surface area contributed by atoms with Crippen LogP contribution in [0.4, 0.5) is 5.69 Å². The third-order valence-electron chi connectivity index (χ3n) is 3.13. The molecule has 0 bridgehead atoms. The molecular weight excluding hydrogens is 258 g/mol. The number of non-ortho nitro benzene ring substituents is 1. The molecule has 0 aromatic heterocycles. The van der Waals surface area contributed by atoms with Gasteiger partial charge < -0.3 is 11.1 Å². The summed E-state index contributed by atoms with van der Waals surface area (Å²) in [6, 6.07) is 6.30. The first kappa shape index (κ1) is 16.1. The van der Waals surface area contributed by atoms with Crippen molar-refractivity contribution in [2.75, 3.05) is 6.54 Å². The van der Waals surface area contributed by atoms with E-state index in [0.717, 1.165) is 12.0 Å². The Labute approximate surface area is 118 Å². The number of carbonyl (C=O) groups is 1. The van der Waals surface area contributed by atoms with Crippen LogP contribution in [0.25, 0.3) is 0 Å². The van der Waals surface area contributed by atoms with E-state index in [0.29, 0.717) is 19.4 Å². The quantitative estimate of drug-likeness (QED) is 0.587. The average Bonchev–Trinajstić information content (AvgIpc) is 2.39. The van der Waals surface area contributed by atoms with Crippen molar-refractivity contribution in [1.82, 2.24) is 5.32 Å². The van der Waals surface area contributed by atoms with Crippen LogP contribution < -0.4 is 11.1 Å². The minimum Gasteiger partial charge on any atom is -0.354 e. The van der Waals surface area contributed by atoms with E-state index >= 15 is 0 Å². The number of hydrogen-bond acceptors (Lipinski definition) is 4. The Kier molecular flexibility index (Phi) is 5.64. The molecule has 0 radical (unpaired) electrons. The highest BCUT2D eigenvalue weighted by Crippen LogP contribution is 2.12. The van der Waals surface area contributed by atoms with Gasteiger partial charge in [0.2, 0.25) is 5.91 Å². The first-order valence-corrected chi connectivity index (χ1v) is 6.67. The van der Waals surface area contributed by atoms with Gasteiger partial charge in [-0.05, 0) is 25.3 Å². The number of hydrogen-bond donors (Lipinski definition) is 2. The highest BCUT2D eigenvalue weighted by molar-refractivity contribution is 5.85. The summed E-state index contributed by atoms with van der Waals surface area (Å²) < 4.78 is 0. The van der Waals surface area contributed by atoms with Gasteiger partial charge in [-0.2, -0.15) is 0 Å². The molecular formula is C14H21N3O3. The number of nitrogens with one attached hydrogen (secondary N) is 1. The zero-order valence-corrected chi connectivity index (χ0v) is 11.9. The molecule has 110 valence electrons. The van der Waals surface area contributed by atoms with Crippen LogP contribution in [0.5, 0.6) is 0 Å². The van der Waals surface area contributed by atoms with Crippen molar-refractivity contribution in [3.63, 3.8) is 0 Å². The smallest absolute Gasteiger partial charge is 0.269 e. The van der Waals surface area contributed by atoms with Gasteiger partial charge in [0.1, 0.15) is 0 Å². The van der Waals surface area contributed by atoms with E-state index in [2.05, 4.69) is 5.32 Å². The summed E-state index contributed by atoms with van der Waals surface area (Å²) in [4.78, 5) is 22.0. The van der Waals surface area contributed by atoms with Crippen LogP contribution in [-0.2, 0) is 11.2 Å². The maximum Gasteiger partial charge on any atom is 0.269 e. The second-order valence-corrected chi connectivity index (χ2v) is 5.10. The van der Waals surface area contributed by atoms with E-state index in [-0.39, 0.29) is 11.6 Å². The minimum absolute atomic E-state index is 0.0651. The summed E-state index contributed by atoms with van der Waals surface area (Å²) in [5.41, 5.74) is 6.07. The summed E-state index contributed by atoms with van der Waals surface area (Å²) >= 11 is 0. The number of benzene rings is 1. The van der Waals surface area contributed by atoms with Crippen molar-refractivity contribution in [3.05, 3.63) is 39.9 Å². The molecule has 3 N–H and O–H groups in total. The fourth-order valence-corrected chi connectivity index (χ4v) is 1.94. The van der Waals surface area contributed by atoms with Gasteiger partial charge in [-0.1, -0.05) is 25.5 Å². The molecule has 1 aromatic rings. The molecule has 1 amide bonds. The predicted octanol–water partition coefficient (Wildman–Crippen LogP) is 1.77. The maximum atomic E-state index is 11.9. The topological polar surface area (TPSA) is 98.3 Å². The molecule has 0 saturated carbocycles. The van der Waals surface area contributed by atoms with E-state index in [1.807, 2.05) is 6.92 Å². The SMILES string of the molecule is CCCC(C)(N)C(=O)NCCc1ccc([N+](=O)[O-])cc1. The van der Waals surface area contributed by atoms with Gasteiger partial charge in [-0.25, -0.2) is 0 Å². The van der Waals surface area contributed by atoms with Gasteiger partial charge in [-0.15, -0.1) is 0 Å². The summed E-state index contributed by atoms with van der Waals surface area (Å²) in [5.74, 6) is -0.165. The number of nitro benzene ring substituents is 1. The molecule has 1 atom stereocenters. The number of nitrogens with two attached hydrogens (primary N) is 1. The lowest BCUT2D eigenvalue weighted by atomic mass is 9.96. The van der Waals surface area contributed by atoms with E-state index < -0.39 is 10.5 Å². The molecule has 0 aliphatic rings. The van der Waals surface area contributed by atoms with Gasteiger partial charge in [0, 0.05) is 18.7 Å². The van der Waals surface area contributed by atoms with Crippen LogP contribution >= 0.6 is 0 Å². The van der Waals surface area contributed by atoms with Crippen LogP contribution in [0.15, 0.2) is 24.3 Å². The van der Waals surface area contributed by atoms with E-state index in [4.69, 9.17) is 5.73 Å². The monoisotopic (exact) mass is 279 g/mol. The number of amides is 1. The van der Waals surface area contributed by atoms with Crippen molar-refractivity contribution in [2.24, 2.45) is 5.73 Å². The molecule has 0 spiro atoms. The summed E-state index contributed by atoms with van der Waals surface area (Å²) in [5, 5.41) is 13.3. The average molecular weight is 279 g/mol. The Bertz CT molecular complexity index is 469. The van der Waals surface area contributed by atoms with Gasteiger partial charge >= 0.3 is 0 Å². The normalized spacial score (nSPS) is 13.6. The third-order valence-corrected chi connectivity index (χ3v) is 3.13. The molecule has 0 heterocycles. The van der Waals surface area contributed by atoms with E-state index in [1.165, 1.54) is 12.1 Å². The molecule has 6 nitrogen and oxygen atoms in total. The fraction of sp³-hybridized carbons (Fsp3) is 0.500. The van der Waals surface area contributed by atoms with Crippen molar-refractivity contribution >= 4 is 11.6 Å². The van der Waals surface area contributed by atoms with Crippen LogP contribution in [0.1, 0.15) is 32.3 Å². The molecule has 1 aromatic carbocycles. The molecule has 0 fully saturated rings. The number of carbonyl (C=O) groups excluding carboxylic acids is 1. The molecule has 1 unspecified atom stereocenters. The minimum atomic E-state index is -0.843. The molecule has 20 heavy (non-hydrogen) atoms. The fourth-order valence-electron chi connectivity index (χ4n) is 1.94. The Morgan fingerprint density at radius 3 is 2.50 bits per heavy atom. The Balaban J connectivity index is 2.44. The van der Waals surface area contributed by atoms with Gasteiger partial charge in [0.05, 0.1) is 10.5 Å². The Morgan fingerprint density at radius 2 is 2.00 bits per heavy atom. The third kappa shape index (κ3) is 4.62. The van der Waals surface area contributed by atoms with Gasteiger partial charge in [0.25, 0.3) is 5.69 Å². The van der Waals surface area contributed by atoms with E-state index in [1.54, 1.807) is 19.1 Å². The second kappa shape index (κ2) is 7.00. The second-order valence-electron chi connectivity index (χ2n) is 5.10. The first-order chi connectivity index (χ1) is 9.36. The Hall–Kier alpha value is -1.95. The van der Waals surface area contributed by atoms with Crippen LogP contribution in [0.2, 0.25) is 0 Å². The zero-order chi connectivity index (χ0) is 15.2. The van der Waals surface area contributed by atoms with E-state index in [9.17, 15) is 14.9 Å². The highest BCUT2D eigenvalue weighted by Gasteiger charge is 2.26. The molecule has 6 heteroatoms. The Morgan fingerprint density at radius 1 is 1.40 bits per heavy atom. The standard InChI is InChI=1S/C14H21N3O3/c1-3-9-14(2,15)13(18)16-10-8-11-4-6-12(7-5-11)17(19)20/h4-7H,3,8-10,15H2,1-2H3,(H,16,18).